The molecular formula is C14H16N2O3S. The molecule has 1 aromatic rings. The molecule has 0 unspecified atom stereocenters. The van der Waals surface area contributed by atoms with E-state index in [1.54, 1.807) is 17.0 Å². The molecule has 1 heterocycles. The first-order chi connectivity index (χ1) is 9.43. The minimum absolute atomic E-state index is 0.0467. The van der Waals surface area contributed by atoms with E-state index >= 15 is 0 Å². The van der Waals surface area contributed by atoms with Crippen molar-refractivity contribution in [3.63, 3.8) is 0 Å². The van der Waals surface area contributed by atoms with Crippen molar-refractivity contribution in [1.82, 2.24) is 0 Å². The lowest BCUT2D eigenvalue weighted by Crippen LogP contribution is -2.33. The van der Waals surface area contributed by atoms with Crippen molar-refractivity contribution >= 4 is 27.3 Å². The van der Waals surface area contributed by atoms with E-state index in [4.69, 9.17) is 6.42 Å². The van der Waals surface area contributed by atoms with Gasteiger partial charge in [0.15, 0.2) is 0 Å². The Bertz CT molecular complexity index is 674. The maximum absolute atomic E-state index is 11.6. The molecule has 0 aliphatic carbocycles. The molecular weight excluding hydrogens is 276 g/mol. The van der Waals surface area contributed by atoms with Crippen LogP contribution < -0.4 is 9.62 Å². The Morgan fingerprint density at radius 1 is 1.50 bits per heavy atom. The molecule has 1 aliphatic heterocycles. The Kier molecular flexibility index (Phi) is 4.00. The smallest absolute Gasteiger partial charge is 0.244 e. The van der Waals surface area contributed by atoms with Gasteiger partial charge in [0.05, 0.1) is 5.69 Å². The van der Waals surface area contributed by atoms with Gasteiger partial charge >= 0.3 is 0 Å². The highest BCUT2D eigenvalue weighted by Crippen LogP contribution is 2.30. The van der Waals surface area contributed by atoms with E-state index in [1.807, 2.05) is 6.07 Å². The Balaban J connectivity index is 2.33. The Morgan fingerprint density at radius 3 is 2.90 bits per heavy atom. The fraction of sp³-hybridized carbons (Fsp3) is 0.357. The van der Waals surface area contributed by atoms with E-state index in [9.17, 15) is 13.2 Å². The summed E-state index contributed by atoms with van der Waals surface area (Å²) in [4.78, 5) is 13.3. The number of amides is 1. The molecule has 1 aliphatic rings. The zero-order chi connectivity index (χ0) is 14.8. The molecule has 0 atom stereocenters. The largest absolute Gasteiger partial charge is 0.312 e. The predicted molar refractivity (Wildman–Crippen MR) is 79.0 cm³/mol. The molecule has 0 bridgehead atoms. The number of nitrogens with zero attached hydrogens (tertiary/aromatic N) is 1. The third-order valence-corrected chi connectivity index (χ3v) is 4.22. The summed E-state index contributed by atoms with van der Waals surface area (Å²) in [5.41, 5.74) is 2.24. The highest BCUT2D eigenvalue weighted by atomic mass is 32.2. The van der Waals surface area contributed by atoms with Crippen molar-refractivity contribution in [2.75, 3.05) is 21.9 Å². The van der Waals surface area contributed by atoms with Crippen LogP contribution >= 0.6 is 0 Å². The summed E-state index contributed by atoms with van der Waals surface area (Å²) in [5.74, 6) is 1.68. The molecule has 20 heavy (non-hydrogen) atoms. The van der Waals surface area contributed by atoms with Crippen molar-refractivity contribution in [3.05, 3.63) is 23.8 Å². The van der Waals surface area contributed by atoms with E-state index < -0.39 is 10.0 Å². The summed E-state index contributed by atoms with van der Waals surface area (Å²) in [6, 6.07) is 5.22. The van der Waals surface area contributed by atoms with Gasteiger partial charge in [0.25, 0.3) is 0 Å². The quantitative estimate of drug-likeness (QED) is 0.855. The lowest BCUT2D eigenvalue weighted by molar-refractivity contribution is -0.116. The van der Waals surface area contributed by atoms with Crippen LogP contribution in [0, 0.1) is 12.3 Å². The average Bonchev–Trinajstić information content (AvgIpc) is 2.37. The van der Waals surface area contributed by atoms with Crippen LogP contribution in [0.25, 0.3) is 0 Å². The Hall–Kier alpha value is -2.00. The second kappa shape index (κ2) is 5.55. The van der Waals surface area contributed by atoms with Gasteiger partial charge < -0.3 is 4.90 Å². The summed E-state index contributed by atoms with van der Waals surface area (Å²) in [5, 5.41) is 0. The summed E-state index contributed by atoms with van der Waals surface area (Å²) < 4.78 is 25.7. The molecule has 0 radical (unpaired) electrons. The van der Waals surface area contributed by atoms with Gasteiger partial charge in [0.2, 0.25) is 15.9 Å². The van der Waals surface area contributed by atoms with Gasteiger partial charge in [-0.3, -0.25) is 9.52 Å². The fourth-order valence-corrected chi connectivity index (χ4v) is 3.07. The van der Waals surface area contributed by atoms with Crippen LogP contribution in [0.1, 0.15) is 18.9 Å². The standard InChI is InChI=1S/C14H16N2O3S/c1-3-9-20(18,19)15-13-7-6-12-5-4-8-16(11(2)17)14(12)10-13/h1,6-7,10,15H,4-5,8-9H2,2H3. The fourth-order valence-electron chi connectivity index (χ4n) is 2.29. The number of nitrogens with one attached hydrogen (secondary N) is 1. The van der Waals surface area contributed by atoms with Crippen LogP contribution in [-0.2, 0) is 21.2 Å². The van der Waals surface area contributed by atoms with Crippen LogP contribution in [0.3, 0.4) is 0 Å². The van der Waals surface area contributed by atoms with Crippen molar-refractivity contribution in [2.45, 2.75) is 19.8 Å². The molecule has 0 fully saturated rings. The number of rotatable bonds is 3. The van der Waals surface area contributed by atoms with E-state index in [-0.39, 0.29) is 11.7 Å². The van der Waals surface area contributed by atoms with Gasteiger partial charge in [-0.1, -0.05) is 12.0 Å². The minimum atomic E-state index is -3.54. The molecule has 5 nitrogen and oxygen atoms in total. The first-order valence-corrected chi connectivity index (χ1v) is 7.93. The Morgan fingerprint density at radius 2 is 2.25 bits per heavy atom. The molecule has 1 amide bonds. The normalized spacial score (nSPS) is 14.3. The van der Waals surface area contributed by atoms with Gasteiger partial charge in [-0.25, -0.2) is 8.42 Å². The number of carbonyl (C=O) groups excluding carboxylic acids is 1. The summed E-state index contributed by atoms with van der Waals surface area (Å²) in [7, 11) is -3.54. The van der Waals surface area contributed by atoms with Gasteiger partial charge in [0, 0.05) is 19.2 Å². The maximum Gasteiger partial charge on any atom is 0.244 e. The molecule has 6 heteroatoms. The lowest BCUT2D eigenvalue weighted by atomic mass is 10.0. The average molecular weight is 292 g/mol. The van der Waals surface area contributed by atoms with Crippen LogP contribution in [0.15, 0.2) is 18.2 Å². The van der Waals surface area contributed by atoms with Crippen molar-refractivity contribution < 1.29 is 13.2 Å². The first kappa shape index (κ1) is 14.4. The highest BCUT2D eigenvalue weighted by Gasteiger charge is 2.20. The highest BCUT2D eigenvalue weighted by molar-refractivity contribution is 7.92. The summed E-state index contributed by atoms with van der Waals surface area (Å²) >= 11 is 0. The van der Waals surface area contributed by atoms with Gasteiger partial charge in [-0.2, -0.15) is 0 Å². The van der Waals surface area contributed by atoms with Crippen molar-refractivity contribution in [1.29, 1.82) is 0 Å². The maximum atomic E-state index is 11.6. The van der Waals surface area contributed by atoms with Gasteiger partial charge in [-0.05, 0) is 30.5 Å². The number of benzene rings is 1. The number of hydrogen-bond acceptors (Lipinski definition) is 3. The van der Waals surface area contributed by atoms with Crippen LogP contribution in [0.4, 0.5) is 11.4 Å². The number of hydrogen-bond donors (Lipinski definition) is 1. The van der Waals surface area contributed by atoms with E-state index in [2.05, 4.69) is 10.6 Å². The first-order valence-electron chi connectivity index (χ1n) is 6.28. The number of fused-ring (bicyclic) bond motifs is 1. The van der Waals surface area contributed by atoms with Crippen LogP contribution in [0.2, 0.25) is 0 Å². The molecule has 0 saturated heterocycles. The molecule has 2 rings (SSSR count). The third kappa shape index (κ3) is 3.11. The zero-order valence-electron chi connectivity index (χ0n) is 11.2. The van der Waals surface area contributed by atoms with E-state index in [0.717, 1.165) is 24.1 Å². The van der Waals surface area contributed by atoms with Gasteiger partial charge in [-0.15, -0.1) is 6.42 Å². The summed E-state index contributed by atoms with van der Waals surface area (Å²) in [6.45, 7) is 2.16. The molecule has 0 saturated carbocycles. The van der Waals surface area contributed by atoms with E-state index in [1.165, 1.54) is 6.92 Å². The molecule has 1 N–H and O–H groups in total. The summed E-state index contributed by atoms with van der Waals surface area (Å²) in [6.07, 6.45) is 6.82. The molecule has 106 valence electrons. The topological polar surface area (TPSA) is 66.5 Å². The van der Waals surface area contributed by atoms with Crippen molar-refractivity contribution in [2.24, 2.45) is 0 Å². The molecule has 0 aromatic heterocycles. The van der Waals surface area contributed by atoms with Crippen LogP contribution in [-0.4, -0.2) is 26.6 Å². The van der Waals surface area contributed by atoms with E-state index in [0.29, 0.717) is 12.2 Å². The lowest BCUT2D eigenvalue weighted by Gasteiger charge is -2.29. The van der Waals surface area contributed by atoms with Crippen molar-refractivity contribution in [3.8, 4) is 12.3 Å². The van der Waals surface area contributed by atoms with Gasteiger partial charge in [0.1, 0.15) is 5.75 Å². The predicted octanol–water partition coefficient (Wildman–Crippen LogP) is 1.36. The number of aryl methyl sites for hydroxylation is 1. The third-order valence-electron chi connectivity index (χ3n) is 3.13. The molecule has 1 aromatic carbocycles. The zero-order valence-corrected chi connectivity index (χ0v) is 12.0. The Labute approximate surface area is 119 Å². The number of terminal acetylenes is 1. The minimum Gasteiger partial charge on any atom is -0.312 e. The number of anilines is 2. The SMILES string of the molecule is C#CCS(=O)(=O)Nc1ccc2c(c1)N(C(C)=O)CCC2. The monoisotopic (exact) mass is 292 g/mol. The second-order valence-electron chi connectivity index (χ2n) is 4.68. The molecule has 0 spiro atoms. The second-order valence-corrected chi connectivity index (χ2v) is 6.41. The number of sulfonamides is 1. The number of carbonyl (C=O) groups is 1. The van der Waals surface area contributed by atoms with Crippen LogP contribution in [0.5, 0.6) is 0 Å².